The molecule has 0 aliphatic carbocycles. The molecule has 3 nitrogen and oxygen atoms in total. The third-order valence-electron chi connectivity index (χ3n) is 1.39. The van der Waals surface area contributed by atoms with Gasteiger partial charge in [0.15, 0.2) is 6.04 Å². The molecule has 0 aliphatic rings. The fourth-order valence-electron chi connectivity index (χ4n) is 0.654. The molecule has 0 rings (SSSR count). The minimum Gasteiger partial charge on any atom is -0.477 e. The number of rotatable bonds is 3. The van der Waals surface area contributed by atoms with Crippen molar-refractivity contribution in [2.45, 2.75) is 6.04 Å². The molecule has 60 valence electrons. The normalized spacial score (nSPS) is 14.8. The highest BCUT2D eigenvalue weighted by molar-refractivity contribution is 7.80. The molecule has 1 atom stereocenters. The minimum absolute atomic E-state index is 0.374. The quantitative estimate of drug-likeness (QED) is 0.458. The molecule has 1 unspecified atom stereocenters. The van der Waals surface area contributed by atoms with E-state index in [9.17, 15) is 4.79 Å². The fourth-order valence-corrected chi connectivity index (χ4v) is 1.30. The molecule has 0 amide bonds. The van der Waals surface area contributed by atoms with Crippen LogP contribution in [0.2, 0.25) is 0 Å². The Morgan fingerprint density at radius 1 is 1.60 bits per heavy atom. The molecule has 0 radical (unpaired) electrons. The van der Waals surface area contributed by atoms with Crippen molar-refractivity contribution in [1.82, 2.24) is 0 Å². The predicted octanol–water partition coefficient (Wildman–Crippen LogP) is 0.0756. The van der Waals surface area contributed by atoms with E-state index in [-0.39, 0.29) is 0 Å². The molecule has 10 heavy (non-hydrogen) atoms. The van der Waals surface area contributed by atoms with Gasteiger partial charge >= 0.3 is 5.97 Å². The first-order valence-electron chi connectivity index (χ1n) is 3.04. The van der Waals surface area contributed by atoms with Crippen LogP contribution in [0.25, 0.3) is 0 Å². The van der Waals surface area contributed by atoms with Gasteiger partial charge in [0.25, 0.3) is 0 Å². The average molecular weight is 164 g/mol. The summed E-state index contributed by atoms with van der Waals surface area (Å²) in [6.07, 6.45) is 0. The molecule has 1 N–H and O–H groups in total. The lowest BCUT2D eigenvalue weighted by atomic mass is 10.3. The Morgan fingerprint density at radius 2 is 2.00 bits per heavy atom. The zero-order chi connectivity index (χ0) is 8.36. The Balaban J connectivity index is 4.22. The molecular formula is C6H14NO2S+. The lowest BCUT2D eigenvalue weighted by Crippen LogP contribution is -2.50. The smallest absolute Gasteiger partial charge is 0.363 e. The summed E-state index contributed by atoms with van der Waals surface area (Å²) in [6, 6.07) is -0.414. The second kappa shape index (κ2) is 3.25. The fraction of sp³-hybridized carbons (Fsp3) is 0.833. The lowest BCUT2D eigenvalue weighted by Gasteiger charge is -2.29. The maximum absolute atomic E-state index is 10.5. The number of thiol groups is 1. The number of quaternary nitrogens is 1. The molecule has 0 bridgehead atoms. The van der Waals surface area contributed by atoms with Crippen molar-refractivity contribution in [1.29, 1.82) is 0 Å². The number of carbonyl (C=O) groups is 1. The van der Waals surface area contributed by atoms with E-state index in [2.05, 4.69) is 12.6 Å². The molecule has 0 fully saturated rings. The molecule has 0 aromatic carbocycles. The number of hydrogen-bond acceptors (Lipinski definition) is 2. The molecule has 0 saturated carbocycles. The number of likely N-dealkylation sites (N-methyl/N-ethyl adjacent to an activating group) is 1. The van der Waals surface area contributed by atoms with Crippen molar-refractivity contribution in [3.8, 4) is 0 Å². The largest absolute Gasteiger partial charge is 0.477 e. The Bertz CT molecular complexity index is 130. The van der Waals surface area contributed by atoms with E-state index in [1.54, 1.807) is 0 Å². The summed E-state index contributed by atoms with van der Waals surface area (Å²) >= 11 is 3.95. The topological polar surface area (TPSA) is 37.3 Å². The van der Waals surface area contributed by atoms with Gasteiger partial charge in [-0.1, -0.05) is 0 Å². The summed E-state index contributed by atoms with van der Waals surface area (Å²) in [4.78, 5) is 10.5. The van der Waals surface area contributed by atoms with Crippen LogP contribution in [0, 0.1) is 0 Å². The molecule has 0 heterocycles. The summed E-state index contributed by atoms with van der Waals surface area (Å²) in [5.41, 5.74) is 0. The Morgan fingerprint density at radius 3 is 2.00 bits per heavy atom. The van der Waals surface area contributed by atoms with Crippen LogP contribution >= 0.6 is 12.6 Å². The highest BCUT2D eigenvalue weighted by atomic mass is 32.1. The lowest BCUT2D eigenvalue weighted by molar-refractivity contribution is -0.884. The van der Waals surface area contributed by atoms with Crippen LogP contribution in [-0.4, -0.2) is 48.5 Å². The summed E-state index contributed by atoms with van der Waals surface area (Å²) in [6.45, 7) is 0. The number of hydrogen-bond donors (Lipinski definition) is 2. The van der Waals surface area contributed by atoms with Gasteiger partial charge in [-0.3, -0.25) is 0 Å². The Hall–Kier alpha value is -0.220. The second-order valence-corrected chi connectivity index (χ2v) is 3.52. The van der Waals surface area contributed by atoms with E-state index in [0.29, 0.717) is 10.2 Å². The third kappa shape index (κ3) is 2.58. The van der Waals surface area contributed by atoms with Crippen LogP contribution in [0.1, 0.15) is 0 Å². The summed E-state index contributed by atoms with van der Waals surface area (Å²) in [5.74, 6) is -0.416. The van der Waals surface area contributed by atoms with E-state index < -0.39 is 12.0 Å². The van der Waals surface area contributed by atoms with E-state index in [1.165, 1.54) is 0 Å². The zero-order valence-corrected chi connectivity index (χ0v) is 7.43. The van der Waals surface area contributed by atoms with Crippen LogP contribution in [-0.2, 0) is 4.79 Å². The van der Waals surface area contributed by atoms with Gasteiger partial charge in [-0.15, -0.1) is 0 Å². The van der Waals surface area contributed by atoms with Gasteiger partial charge < -0.3 is 9.59 Å². The first kappa shape index (κ1) is 9.78. The standard InChI is InChI=1S/C6H13NO2S/c1-7(2,3)5(4-10)6(8)9/h5H,4H2,1-3H3,(H-,8,9,10)/p+1. The SMILES string of the molecule is C[N+](C)(C)C(CS)C(=O)O. The van der Waals surface area contributed by atoms with Gasteiger partial charge in [-0.2, -0.15) is 12.6 Å². The molecule has 4 heteroatoms. The molecule has 0 aliphatic heterocycles. The van der Waals surface area contributed by atoms with E-state index in [1.807, 2.05) is 21.1 Å². The van der Waals surface area contributed by atoms with Gasteiger partial charge in [0, 0.05) is 0 Å². The number of carboxylic acids is 1. The number of aliphatic carboxylic acids is 1. The first-order valence-corrected chi connectivity index (χ1v) is 3.67. The minimum atomic E-state index is -0.789. The summed E-state index contributed by atoms with van der Waals surface area (Å²) < 4.78 is 0.416. The zero-order valence-electron chi connectivity index (χ0n) is 6.53. The summed E-state index contributed by atoms with van der Waals surface area (Å²) in [5, 5.41) is 8.64. The van der Waals surface area contributed by atoms with Gasteiger partial charge in [-0.05, 0) is 0 Å². The van der Waals surface area contributed by atoms with Crippen LogP contribution in [0.5, 0.6) is 0 Å². The van der Waals surface area contributed by atoms with Gasteiger partial charge in [-0.25, -0.2) is 4.79 Å². The van der Waals surface area contributed by atoms with Crippen molar-refractivity contribution in [3.63, 3.8) is 0 Å². The first-order chi connectivity index (χ1) is 4.39. The average Bonchev–Trinajstić information content (AvgIpc) is 1.60. The Labute approximate surface area is 66.6 Å². The monoisotopic (exact) mass is 164 g/mol. The molecule has 0 spiro atoms. The maximum Gasteiger partial charge on any atom is 0.363 e. The van der Waals surface area contributed by atoms with E-state index >= 15 is 0 Å². The second-order valence-electron chi connectivity index (χ2n) is 3.15. The Kier molecular flexibility index (Phi) is 3.18. The van der Waals surface area contributed by atoms with Crippen LogP contribution < -0.4 is 0 Å². The van der Waals surface area contributed by atoms with Crippen molar-refractivity contribution in [2.75, 3.05) is 26.9 Å². The molecule has 0 saturated heterocycles. The third-order valence-corrected chi connectivity index (χ3v) is 1.74. The van der Waals surface area contributed by atoms with Gasteiger partial charge in [0.2, 0.25) is 0 Å². The highest BCUT2D eigenvalue weighted by Gasteiger charge is 2.29. The maximum atomic E-state index is 10.5. The molecule has 0 aromatic rings. The van der Waals surface area contributed by atoms with Crippen LogP contribution in [0.15, 0.2) is 0 Å². The van der Waals surface area contributed by atoms with E-state index in [0.717, 1.165) is 0 Å². The van der Waals surface area contributed by atoms with Crippen LogP contribution in [0.4, 0.5) is 0 Å². The van der Waals surface area contributed by atoms with Gasteiger partial charge in [0.1, 0.15) is 0 Å². The van der Waals surface area contributed by atoms with Crippen LogP contribution in [0.3, 0.4) is 0 Å². The molecule has 0 aromatic heterocycles. The van der Waals surface area contributed by atoms with Crippen molar-refractivity contribution in [3.05, 3.63) is 0 Å². The van der Waals surface area contributed by atoms with Crippen molar-refractivity contribution >= 4 is 18.6 Å². The van der Waals surface area contributed by atoms with Gasteiger partial charge in [0.05, 0.1) is 26.9 Å². The predicted molar refractivity (Wildman–Crippen MR) is 43.3 cm³/mol. The van der Waals surface area contributed by atoms with E-state index in [4.69, 9.17) is 5.11 Å². The number of nitrogens with zero attached hydrogens (tertiary/aromatic N) is 1. The number of carboxylic acid groups (broad SMARTS) is 1. The molecular weight excluding hydrogens is 150 g/mol. The van der Waals surface area contributed by atoms with Crippen molar-refractivity contribution in [2.24, 2.45) is 0 Å². The summed E-state index contributed by atoms with van der Waals surface area (Å²) in [7, 11) is 5.53. The highest BCUT2D eigenvalue weighted by Crippen LogP contribution is 2.04. The van der Waals surface area contributed by atoms with Crippen molar-refractivity contribution < 1.29 is 14.4 Å².